The van der Waals surface area contributed by atoms with Gasteiger partial charge in [0.15, 0.2) is 11.5 Å². The minimum atomic E-state index is -0.445. The van der Waals surface area contributed by atoms with Crippen LogP contribution in [0.1, 0.15) is 40.4 Å². The number of amides is 2. The first-order chi connectivity index (χ1) is 16.6. The van der Waals surface area contributed by atoms with Gasteiger partial charge in [0, 0.05) is 36.4 Å². The van der Waals surface area contributed by atoms with Crippen molar-refractivity contribution in [2.24, 2.45) is 5.10 Å². The van der Waals surface area contributed by atoms with E-state index >= 15 is 0 Å². The maximum absolute atomic E-state index is 12.9. The van der Waals surface area contributed by atoms with Crippen molar-refractivity contribution in [2.75, 3.05) is 20.8 Å². The summed E-state index contributed by atoms with van der Waals surface area (Å²) in [6.45, 7) is 0.205. The molecule has 1 aliphatic rings. The van der Waals surface area contributed by atoms with Gasteiger partial charge in [-0.1, -0.05) is 30.3 Å². The lowest BCUT2D eigenvalue weighted by atomic mass is 10.0. The number of rotatable bonds is 8. The summed E-state index contributed by atoms with van der Waals surface area (Å²) >= 11 is 0. The first-order valence-corrected chi connectivity index (χ1v) is 10.9. The number of carbonyl (C=O) groups excluding carboxylic acids is 2. The normalized spacial score (nSPS) is 14.2. The van der Waals surface area contributed by atoms with Crippen molar-refractivity contribution < 1.29 is 19.1 Å². The molecular formula is C26H26N4O4. The lowest BCUT2D eigenvalue weighted by Gasteiger charge is -2.28. The molecule has 2 amide bonds. The number of methoxy groups -OCH3 is 2. The van der Waals surface area contributed by atoms with E-state index in [1.54, 1.807) is 38.7 Å². The average Bonchev–Trinajstić information content (AvgIpc) is 2.90. The number of pyridine rings is 1. The predicted octanol–water partition coefficient (Wildman–Crippen LogP) is 3.60. The molecule has 3 aromatic rings. The van der Waals surface area contributed by atoms with Crippen LogP contribution in [0.5, 0.6) is 11.5 Å². The monoisotopic (exact) mass is 458 g/mol. The molecule has 1 N–H and O–H groups in total. The van der Waals surface area contributed by atoms with Crippen LogP contribution < -0.4 is 14.8 Å². The van der Waals surface area contributed by atoms with E-state index in [4.69, 9.17) is 9.47 Å². The van der Waals surface area contributed by atoms with Crippen LogP contribution in [0.4, 0.5) is 0 Å². The molecule has 2 heterocycles. The summed E-state index contributed by atoms with van der Waals surface area (Å²) in [5.74, 6) is 0.879. The smallest absolute Gasteiger partial charge is 0.251 e. The second-order valence-electron chi connectivity index (χ2n) is 7.76. The third-order valence-corrected chi connectivity index (χ3v) is 5.63. The molecule has 2 aromatic carbocycles. The van der Waals surface area contributed by atoms with Crippen LogP contribution >= 0.6 is 0 Å². The Hall–Kier alpha value is -4.20. The van der Waals surface area contributed by atoms with Crippen molar-refractivity contribution in [1.29, 1.82) is 0 Å². The molecule has 0 spiro atoms. The second-order valence-corrected chi connectivity index (χ2v) is 7.76. The fourth-order valence-corrected chi connectivity index (χ4v) is 3.80. The number of nitrogens with one attached hydrogen (secondary N) is 1. The summed E-state index contributed by atoms with van der Waals surface area (Å²) in [6.07, 6.45) is 3.98. The zero-order chi connectivity index (χ0) is 23.9. The summed E-state index contributed by atoms with van der Waals surface area (Å²) < 4.78 is 10.7. The summed E-state index contributed by atoms with van der Waals surface area (Å²) in [5.41, 5.74) is 3.00. The van der Waals surface area contributed by atoms with Gasteiger partial charge in [-0.2, -0.15) is 5.10 Å². The van der Waals surface area contributed by atoms with Gasteiger partial charge in [-0.3, -0.25) is 14.6 Å². The van der Waals surface area contributed by atoms with Gasteiger partial charge in [-0.15, -0.1) is 0 Å². The number of hydrogen-bond donors (Lipinski definition) is 1. The molecule has 174 valence electrons. The highest BCUT2D eigenvalue weighted by atomic mass is 16.5. The van der Waals surface area contributed by atoms with Crippen LogP contribution in [-0.2, 0) is 4.79 Å². The maximum Gasteiger partial charge on any atom is 0.251 e. The fraction of sp³-hybridized carbons (Fsp3) is 0.231. The molecular weight excluding hydrogens is 432 g/mol. The van der Waals surface area contributed by atoms with Gasteiger partial charge >= 0.3 is 0 Å². The Morgan fingerprint density at radius 3 is 2.44 bits per heavy atom. The quantitative estimate of drug-likeness (QED) is 0.557. The van der Waals surface area contributed by atoms with Gasteiger partial charge in [0.05, 0.1) is 32.5 Å². The summed E-state index contributed by atoms with van der Waals surface area (Å²) in [6, 6.07) is 18.0. The van der Waals surface area contributed by atoms with Crippen molar-refractivity contribution in [3.63, 3.8) is 0 Å². The molecule has 8 nitrogen and oxygen atoms in total. The molecule has 1 atom stereocenters. The number of benzene rings is 2. The number of nitrogens with zero attached hydrogens (tertiary/aromatic N) is 3. The maximum atomic E-state index is 12.9. The van der Waals surface area contributed by atoms with Crippen molar-refractivity contribution in [3.05, 3.63) is 89.7 Å². The standard InChI is InChI=1S/C26H26N4O4/c1-33-23-10-8-20(16-24(23)34-2)21-9-11-25(31)30(29-21)17-22(18-6-4-3-5-7-18)28-26(32)19-12-14-27-15-13-19/h3-8,10,12-16,22H,9,11,17H2,1-2H3,(H,28,32). The van der Waals surface area contributed by atoms with Crippen molar-refractivity contribution in [3.8, 4) is 11.5 Å². The third-order valence-electron chi connectivity index (χ3n) is 5.63. The van der Waals surface area contributed by atoms with E-state index in [1.807, 2.05) is 48.5 Å². The molecule has 4 rings (SSSR count). The molecule has 0 radical (unpaired) electrons. The number of hydrazone groups is 1. The molecule has 1 aromatic heterocycles. The van der Waals surface area contributed by atoms with E-state index in [1.165, 1.54) is 5.01 Å². The Morgan fingerprint density at radius 2 is 1.74 bits per heavy atom. The highest BCUT2D eigenvalue weighted by molar-refractivity contribution is 6.04. The summed E-state index contributed by atoms with van der Waals surface area (Å²) in [7, 11) is 3.16. The Labute approximate surface area is 198 Å². The van der Waals surface area contributed by atoms with E-state index in [0.29, 0.717) is 29.9 Å². The van der Waals surface area contributed by atoms with Gasteiger partial charge in [-0.05, 0) is 35.9 Å². The highest BCUT2D eigenvalue weighted by Crippen LogP contribution is 2.29. The van der Waals surface area contributed by atoms with Gasteiger partial charge in [0.25, 0.3) is 5.91 Å². The predicted molar refractivity (Wildman–Crippen MR) is 128 cm³/mol. The highest BCUT2D eigenvalue weighted by Gasteiger charge is 2.26. The summed E-state index contributed by atoms with van der Waals surface area (Å²) in [5, 5.41) is 9.14. The first kappa shape index (κ1) is 23.0. The van der Waals surface area contributed by atoms with Crippen LogP contribution in [0.2, 0.25) is 0 Å². The second kappa shape index (κ2) is 10.6. The Morgan fingerprint density at radius 1 is 1.00 bits per heavy atom. The molecule has 0 saturated carbocycles. The zero-order valence-electron chi connectivity index (χ0n) is 19.1. The molecule has 8 heteroatoms. The van der Waals surface area contributed by atoms with Crippen LogP contribution in [0.3, 0.4) is 0 Å². The van der Waals surface area contributed by atoms with E-state index in [-0.39, 0.29) is 18.4 Å². The van der Waals surface area contributed by atoms with E-state index in [2.05, 4.69) is 15.4 Å². The van der Waals surface area contributed by atoms with Crippen molar-refractivity contribution in [1.82, 2.24) is 15.3 Å². The third kappa shape index (κ3) is 5.23. The Kier molecular flexibility index (Phi) is 7.17. The van der Waals surface area contributed by atoms with Gasteiger partial charge in [-0.25, -0.2) is 5.01 Å². The number of carbonyl (C=O) groups is 2. The molecule has 34 heavy (non-hydrogen) atoms. The number of aromatic nitrogens is 1. The first-order valence-electron chi connectivity index (χ1n) is 10.9. The molecule has 0 bridgehead atoms. The van der Waals surface area contributed by atoms with Crippen LogP contribution in [0.15, 0.2) is 78.2 Å². The van der Waals surface area contributed by atoms with E-state index in [9.17, 15) is 9.59 Å². The molecule has 1 unspecified atom stereocenters. The summed E-state index contributed by atoms with van der Waals surface area (Å²) in [4.78, 5) is 29.6. The van der Waals surface area contributed by atoms with Crippen LogP contribution in [0.25, 0.3) is 0 Å². The van der Waals surface area contributed by atoms with Crippen LogP contribution in [-0.4, -0.2) is 48.3 Å². The lowest BCUT2D eigenvalue weighted by Crippen LogP contribution is -2.40. The molecule has 0 saturated heterocycles. The minimum absolute atomic E-state index is 0.0942. The number of hydrogen-bond acceptors (Lipinski definition) is 6. The lowest BCUT2D eigenvalue weighted by molar-refractivity contribution is -0.132. The topological polar surface area (TPSA) is 93.1 Å². The molecule has 0 fully saturated rings. The van der Waals surface area contributed by atoms with E-state index in [0.717, 1.165) is 16.8 Å². The zero-order valence-corrected chi connectivity index (χ0v) is 19.1. The van der Waals surface area contributed by atoms with Crippen LogP contribution in [0, 0.1) is 0 Å². The van der Waals surface area contributed by atoms with Crippen molar-refractivity contribution >= 4 is 17.5 Å². The SMILES string of the molecule is COc1ccc(C2=NN(CC(NC(=O)c3ccncc3)c3ccccc3)C(=O)CC2)cc1OC. The molecule has 0 aliphatic carbocycles. The van der Waals surface area contributed by atoms with Gasteiger partial charge in [0.2, 0.25) is 5.91 Å². The fourth-order valence-electron chi connectivity index (χ4n) is 3.80. The largest absolute Gasteiger partial charge is 0.493 e. The van der Waals surface area contributed by atoms with Crippen molar-refractivity contribution in [2.45, 2.75) is 18.9 Å². The average molecular weight is 459 g/mol. The van der Waals surface area contributed by atoms with E-state index < -0.39 is 6.04 Å². The minimum Gasteiger partial charge on any atom is -0.493 e. The Balaban J connectivity index is 1.61. The Bertz CT molecular complexity index is 1180. The van der Waals surface area contributed by atoms with Gasteiger partial charge < -0.3 is 14.8 Å². The number of ether oxygens (including phenoxy) is 2. The molecule has 1 aliphatic heterocycles. The van der Waals surface area contributed by atoms with Gasteiger partial charge in [0.1, 0.15) is 0 Å².